The van der Waals surface area contributed by atoms with Crippen molar-refractivity contribution >= 4 is 232 Å². The average molecular weight is 1920 g/mol. The number of furan rings is 2. The Balaban J connectivity index is 0.000000181. The van der Waals surface area contributed by atoms with E-state index in [-0.39, 0.29) is 128 Å². The molecule has 13 aromatic rings. The van der Waals surface area contributed by atoms with Gasteiger partial charge in [-0.2, -0.15) is 5.10 Å². The third-order valence-electron chi connectivity index (χ3n) is 17.1. The molecule has 0 unspecified atom stereocenters. The van der Waals surface area contributed by atoms with Gasteiger partial charge in [0.25, 0.3) is 35.4 Å². The number of hydrogen-bond donors (Lipinski definition) is 12. The molecule has 4 heterocycles. The molecule has 0 aliphatic carbocycles. The van der Waals surface area contributed by atoms with E-state index in [1.165, 1.54) is 96.7 Å². The Morgan fingerprint density at radius 3 is 1.06 bits per heavy atom. The number of carbonyl (C=O) groups is 6. The molecule has 0 radical (unpaired) electrons. The molecule has 0 saturated carbocycles. The lowest BCUT2D eigenvalue weighted by atomic mass is 10.1. The summed E-state index contributed by atoms with van der Waals surface area (Å²) in [6.07, 6.45) is 8.88. The number of carbonyl (C=O) groups excluding carboxylic acids is 6. The van der Waals surface area contributed by atoms with Crippen LogP contribution in [0.2, 0.25) is 70.3 Å². The standard InChI is InChI=1S/C17H11Cl4N3O2.C16H15Cl2NO2.C15H13Cl2NO2.2C12H9Cl2NO3.C11H8Cl2N2O3/c1-8-12(19)5-14(16(25)15(8)21)23-17(26)9-6-22-24(7-9)10-2-3-11(18)13(20)4-10;1-3-11-12(17)8-13(15(20)14(11)18)19-16(21)10-6-4-9(2)5-7-10;1-8-3-5-10(6-4-8)15(20)18-12-7-11(16)9(2)13(17)14(12)19;1-6-8(13)4-9(11(16)10(6)14)15-12(17)7-2-3-18-5-7;1-6-7(13)5-8(11(16)10(6)14)15-12(17)9-3-2-4-18-9;1-5-6(12)4-7(10(16)9(5)13)15-11(17)8-2-3-14-18-8/h2-7,25H,1H3,(H,23,26);4-8,20H,3H2,1-2H3,(H,19,21);3-7,19H,1-2H3,(H,18,20);2*2-5,16H,1H3,(H,15,17);2-4,16H,1H3,(H,15,17). The molecule has 13 rings (SSSR count). The maximum absolute atomic E-state index is 12.4. The van der Waals surface area contributed by atoms with E-state index < -0.39 is 23.6 Å². The molecule has 24 nitrogen and oxygen atoms in total. The van der Waals surface area contributed by atoms with E-state index in [0.29, 0.717) is 102 Å². The lowest BCUT2D eigenvalue weighted by molar-refractivity contribution is 0.0982. The SMILES string of the molecule is CCc1c(Cl)cc(NC(=O)c2ccc(C)cc2)c(O)c1Cl.Cc1c(Cl)cc(NC(=O)c2ccco2)c(O)c1Cl.Cc1c(Cl)cc(NC(=O)c2ccno2)c(O)c1Cl.Cc1c(Cl)cc(NC(=O)c2ccoc2)c(O)c1Cl.Cc1c(Cl)cc(NC(=O)c2cnn(-c3ccc(Cl)c(Cl)c3)c2)c(O)c1Cl.Cc1ccc(C(=O)Nc2cc(Cl)c(C)c(Cl)c2O)cc1. The van der Waals surface area contributed by atoms with E-state index in [1.54, 1.807) is 83.1 Å². The van der Waals surface area contributed by atoms with Crippen LogP contribution in [-0.4, -0.2) is 81.0 Å². The smallest absolute Gasteiger partial charge is 0.294 e. The topological polar surface area (TPSA) is 366 Å². The quantitative estimate of drug-likeness (QED) is 0.0450. The van der Waals surface area contributed by atoms with Crippen LogP contribution in [0.15, 0.2) is 178 Å². The zero-order chi connectivity index (χ0) is 89.3. The molecule has 4 aromatic heterocycles. The molecule has 121 heavy (non-hydrogen) atoms. The molecule has 630 valence electrons. The van der Waals surface area contributed by atoms with Crippen molar-refractivity contribution in [3.63, 3.8) is 0 Å². The summed E-state index contributed by atoms with van der Waals surface area (Å²) in [6.45, 7) is 14.1. The van der Waals surface area contributed by atoms with E-state index in [4.69, 9.17) is 171 Å². The highest BCUT2D eigenvalue weighted by Gasteiger charge is 2.24. The Kier molecular flexibility index (Phi) is 34.5. The van der Waals surface area contributed by atoms with Gasteiger partial charge in [0.2, 0.25) is 5.76 Å². The maximum atomic E-state index is 12.4. The van der Waals surface area contributed by atoms with Crippen LogP contribution in [0.5, 0.6) is 34.5 Å². The normalized spacial score (nSPS) is 10.5. The third kappa shape index (κ3) is 24.7. The molecule has 0 bridgehead atoms. The highest BCUT2D eigenvalue weighted by Crippen LogP contribution is 2.45. The van der Waals surface area contributed by atoms with Gasteiger partial charge in [-0.25, -0.2) is 4.68 Å². The van der Waals surface area contributed by atoms with Gasteiger partial charge in [0.05, 0.1) is 116 Å². The summed E-state index contributed by atoms with van der Waals surface area (Å²) in [5, 5.41) is 85.9. The van der Waals surface area contributed by atoms with E-state index in [0.717, 1.165) is 11.1 Å². The van der Waals surface area contributed by atoms with Gasteiger partial charge in [0.15, 0.2) is 40.3 Å². The van der Waals surface area contributed by atoms with Crippen LogP contribution in [0.4, 0.5) is 34.1 Å². The van der Waals surface area contributed by atoms with Gasteiger partial charge in [-0.05, 0) is 185 Å². The Bertz CT molecular complexity index is 5760. The summed E-state index contributed by atoms with van der Waals surface area (Å²) >= 11 is 83.5. The fourth-order valence-electron chi connectivity index (χ4n) is 9.96. The van der Waals surface area contributed by atoms with Crippen molar-refractivity contribution in [3.8, 4) is 40.2 Å². The zero-order valence-corrected chi connectivity index (χ0v) is 74.4. The van der Waals surface area contributed by atoms with Gasteiger partial charge in [0, 0.05) is 53.5 Å². The Morgan fingerprint density at radius 1 is 0.364 bits per heavy atom. The first kappa shape index (κ1) is 96.1. The molecule has 0 saturated heterocycles. The average Bonchev–Trinajstić information content (AvgIpc) is 1.80. The van der Waals surface area contributed by atoms with Crippen LogP contribution in [0.3, 0.4) is 0 Å². The molecule has 6 amide bonds. The number of aromatic nitrogens is 3. The second kappa shape index (κ2) is 43.4. The predicted octanol–water partition coefficient (Wildman–Crippen LogP) is 26.1. The number of benzene rings is 9. The van der Waals surface area contributed by atoms with Gasteiger partial charge >= 0.3 is 0 Å². The Labute approximate surface area is 760 Å². The Hall–Kier alpha value is -10.4. The fourth-order valence-corrected chi connectivity index (χ4v) is 13.3. The van der Waals surface area contributed by atoms with Crippen LogP contribution in [-0.2, 0) is 6.42 Å². The largest absolute Gasteiger partial charge is 0.504 e. The van der Waals surface area contributed by atoms with Crippen molar-refractivity contribution in [1.82, 2.24) is 14.9 Å². The number of phenolic OH excluding ortho intramolecular Hbond substituents is 6. The van der Waals surface area contributed by atoms with Crippen LogP contribution in [0, 0.1) is 48.5 Å². The number of rotatable bonds is 14. The molecule has 9 aromatic carbocycles. The molecule has 0 aliphatic rings. The van der Waals surface area contributed by atoms with Crippen molar-refractivity contribution in [3.05, 3.63) is 313 Å². The first-order chi connectivity index (χ1) is 57.1. The minimum atomic E-state index is -0.557. The molecule has 0 fully saturated rings. The lowest BCUT2D eigenvalue weighted by Gasteiger charge is -2.13. The predicted molar refractivity (Wildman–Crippen MR) is 479 cm³/mol. The maximum Gasteiger partial charge on any atom is 0.294 e. The summed E-state index contributed by atoms with van der Waals surface area (Å²) in [6, 6.07) is 33.9. The van der Waals surface area contributed by atoms with Gasteiger partial charge in [-0.3, -0.25) is 28.8 Å². The number of aryl methyl sites for hydroxylation is 2. The molecule has 0 atom stereocenters. The van der Waals surface area contributed by atoms with Crippen molar-refractivity contribution in [2.45, 2.75) is 61.8 Å². The Morgan fingerprint density at radius 2 is 0.719 bits per heavy atom. The molecule has 12 N–H and O–H groups in total. The number of aromatic hydroxyl groups is 6. The van der Waals surface area contributed by atoms with Crippen molar-refractivity contribution in [2.75, 3.05) is 31.9 Å². The highest BCUT2D eigenvalue weighted by atomic mass is 35.5. The minimum Gasteiger partial charge on any atom is -0.504 e. The van der Waals surface area contributed by atoms with Crippen LogP contribution >= 0.6 is 162 Å². The van der Waals surface area contributed by atoms with E-state index in [2.05, 4.69) is 46.7 Å². The van der Waals surface area contributed by atoms with Crippen molar-refractivity contribution < 1.29 is 72.8 Å². The second-order valence-corrected chi connectivity index (χ2v) is 31.0. The van der Waals surface area contributed by atoms with Crippen molar-refractivity contribution in [1.29, 1.82) is 0 Å². The molecule has 38 heteroatoms. The lowest BCUT2D eigenvalue weighted by Crippen LogP contribution is -2.12. The summed E-state index contributed by atoms with van der Waals surface area (Å²) in [5.74, 6) is -3.77. The number of amides is 6. The summed E-state index contributed by atoms with van der Waals surface area (Å²) in [5.41, 5.74) is 8.64. The number of hydrogen-bond acceptors (Lipinski definition) is 17. The highest BCUT2D eigenvalue weighted by molar-refractivity contribution is 6.43. The number of anilines is 6. The van der Waals surface area contributed by atoms with Crippen LogP contribution in [0.1, 0.15) is 114 Å². The van der Waals surface area contributed by atoms with E-state index >= 15 is 0 Å². The first-order valence-electron chi connectivity index (χ1n) is 34.7. The van der Waals surface area contributed by atoms with Crippen LogP contribution < -0.4 is 31.9 Å². The van der Waals surface area contributed by atoms with Crippen LogP contribution in [0.25, 0.3) is 5.69 Å². The first-order valence-corrected chi connectivity index (χ1v) is 40.0. The molecule has 0 spiro atoms. The number of nitrogens with one attached hydrogen (secondary N) is 6. The van der Waals surface area contributed by atoms with E-state index in [9.17, 15) is 59.4 Å². The summed E-state index contributed by atoms with van der Waals surface area (Å²) in [4.78, 5) is 71.8. The minimum absolute atomic E-state index is 0.0159. The monoisotopic (exact) mass is 1920 g/mol. The third-order valence-corrected chi connectivity index (χ3v) is 22.8. The molecular weight excluding hydrogens is 1860 g/mol. The summed E-state index contributed by atoms with van der Waals surface area (Å²) in [7, 11) is 0. The van der Waals surface area contributed by atoms with Gasteiger partial charge in [-0.15, -0.1) is 0 Å². The number of phenols is 6. The van der Waals surface area contributed by atoms with Gasteiger partial charge < -0.3 is 75.9 Å². The molecule has 0 aliphatic heterocycles. The zero-order valence-electron chi connectivity index (χ0n) is 63.8. The fraction of sp³-hybridized carbons (Fsp3) is 0.108. The van der Waals surface area contributed by atoms with E-state index in [1.807, 2.05) is 45.0 Å². The van der Waals surface area contributed by atoms with Crippen molar-refractivity contribution in [2.24, 2.45) is 0 Å². The summed E-state index contributed by atoms with van der Waals surface area (Å²) < 4.78 is 15.9. The number of halogens is 14. The number of nitrogens with zero attached hydrogens (tertiary/aromatic N) is 3. The van der Waals surface area contributed by atoms with Gasteiger partial charge in [0.1, 0.15) is 6.26 Å². The second-order valence-electron chi connectivity index (χ2n) is 25.5. The van der Waals surface area contributed by atoms with Gasteiger partial charge in [-0.1, -0.05) is 210 Å². The molecular formula is C83H65Cl14N9O15.